The van der Waals surface area contributed by atoms with Gasteiger partial charge >= 0.3 is 30.7 Å². The Balaban J connectivity index is 5.81. The van der Waals surface area contributed by atoms with Crippen molar-refractivity contribution in [2.45, 2.75) is 24.5 Å². The van der Waals surface area contributed by atoms with Crippen molar-refractivity contribution in [1.29, 1.82) is 0 Å². The van der Waals surface area contributed by atoms with Crippen LogP contribution in [0.1, 0.15) is 0 Å². The molecule has 0 aromatic carbocycles. The second kappa shape index (κ2) is 4.44. The summed E-state index contributed by atoms with van der Waals surface area (Å²) in [6, 6.07) is 0. The lowest BCUT2D eigenvalue weighted by molar-refractivity contribution is -0.521. The van der Waals surface area contributed by atoms with Gasteiger partial charge in [0.1, 0.15) is 0 Å². The maximum Gasteiger partial charge on any atom is 0.526 e. The van der Waals surface area contributed by atoms with Crippen molar-refractivity contribution < 1.29 is 58.2 Å². The molecule has 0 saturated heterocycles. The van der Waals surface area contributed by atoms with Crippen LogP contribution < -0.4 is 0 Å². The van der Waals surface area contributed by atoms with Gasteiger partial charge < -0.3 is 4.74 Å². The summed E-state index contributed by atoms with van der Waals surface area (Å²) >= 11 is 0. The van der Waals surface area contributed by atoms with E-state index in [2.05, 4.69) is 0 Å². The van der Waals surface area contributed by atoms with E-state index in [1.165, 1.54) is 0 Å². The fourth-order valence-electron chi connectivity index (χ4n) is 0.689. The molecule has 0 aliphatic rings. The molecule has 0 rings (SSSR count). The van der Waals surface area contributed by atoms with Crippen molar-refractivity contribution >= 4 is 6.22 Å². The second-order valence-electron chi connectivity index (χ2n) is 2.50. The van der Waals surface area contributed by atoms with Gasteiger partial charge in [0.15, 0.2) is 0 Å². The standard InChI is InChI=1S/C5F10O3/c6-1(16)17-2(3(7,8)9,4(10,11)12)18-5(13,14)15. The molecule has 0 unspecified atom stereocenters. The predicted octanol–water partition coefficient (Wildman–Crippen LogP) is 3.45. The lowest BCUT2D eigenvalue weighted by Crippen LogP contribution is -2.63. The molecule has 0 spiro atoms. The lowest BCUT2D eigenvalue weighted by Gasteiger charge is -2.34. The molecule has 0 aromatic heterocycles. The first-order valence-electron chi connectivity index (χ1n) is 3.41. The Kier molecular flexibility index (Phi) is 4.13. The van der Waals surface area contributed by atoms with Gasteiger partial charge in [-0.15, -0.1) is 17.6 Å². The van der Waals surface area contributed by atoms with Crippen LogP contribution in [0.4, 0.5) is 48.7 Å². The van der Waals surface area contributed by atoms with E-state index < -0.39 is 30.7 Å². The summed E-state index contributed by atoms with van der Waals surface area (Å²) in [4.78, 5) is 9.50. The molecule has 0 heterocycles. The first-order valence-corrected chi connectivity index (χ1v) is 3.41. The van der Waals surface area contributed by atoms with Crippen molar-refractivity contribution in [3.63, 3.8) is 0 Å². The summed E-state index contributed by atoms with van der Waals surface area (Å²) in [5, 5.41) is 0. The Morgan fingerprint density at radius 2 is 1.11 bits per heavy atom. The van der Waals surface area contributed by atoms with Crippen LogP contribution in [-0.2, 0) is 9.47 Å². The maximum atomic E-state index is 12.0. The Morgan fingerprint density at radius 3 is 1.28 bits per heavy atom. The molecule has 3 nitrogen and oxygen atoms in total. The zero-order valence-corrected chi connectivity index (χ0v) is 7.50. The maximum absolute atomic E-state index is 12.0. The van der Waals surface area contributed by atoms with Crippen molar-refractivity contribution in [1.82, 2.24) is 0 Å². The molecule has 0 fully saturated rings. The molecule has 18 heavy (non-hydrogen) atoms. The SMILES string of the molecule is O=C(F)OC(OC(F)(F)F)(C(F)(F)F)C(F)(F)F. The minimum absolute atomic E-state index is 1.73. The van der Waals surface area contributed by atoms with Gasteiger partial charge in [-0.1, -0.05) is 0 Å². The highest BCUT2D eigenvalue weighted by Gasteiger charge is 2.79. The summed E-state index contributed by atoms with van der Waals surface area (Å²) in [7, 11) is 0. The highest BCUT2D eigenvalue weighted by molar-refractivity contribution is 5.58. The van der Waals surface area contributed by atoms with Crippen LogP contribution in [-0.4, -0.2) is 30.7 Å². The molecule has 0 aliphatic heterocycles. The van der Waals surface area contributed by atoms with E-state index >= 15 is 0 Å². The predicted molar refractivity (Wildman–Crippen MR) is 29.6 cm³/mol. The quantitative estimate of drug-likeness (QED) is 0.445. The molecule has 0 atom stereocenters. The van der Waals surface area contributed by atoms with E-state index in [0.717, 1.165) is 0 Å². The molecule has 13 heteroatoms. The van der Waals surface area contributed by atoms with Crippen LogP contribution in [0, 0.1) is 0 Å². The molecular formula is C5F10O3. The number of ether oxygens (including phenoxy) is 2. The molecule has 108 valence electrons. The summed E-state index contributed by atoms with van der Waals surface area (Å²) in [6.45, 7) is 0. The molecule has 0 N–H and O–H groups in total. The van der Waals surface area contributed by atoms with Gasteiger partial charge in [-0.05, 0) is 0 Å². The molecule has 0 radical (unpaired) electrons. The van der Waals surface area contributed by atoms with E-state index in [1.54, 1.807) is 4.74 Å². The van der Waals surface area contributed by atoms with Gasteiger partial charge in [-0.3, -0.25) is 0 Å². The Bertz CT molecular complexity index is 297. The smallest absolute Gasteiger partial charge is 0.389 e. The first kappa shape index (κ1) is 16.7. The Morgan fingerprint density at radius 1 is 0.778 bits per heavy atom. The van der Waals surface area contributed by atoms with Crippen LogP contribution in [0.3, 0.4) is 0 Å². The molecule has 0 aliphatic carbocycles. The molecular weight excluding hydrogens is 298 g/mol. The number of carbonyl (C=O) groups is 1. The summed E-state index contributed by atoms with van der Waals surface area (Å²) in [5.74, 6) is -6.47. The van der Waals surface area contributed by atoms with Crippen LogP contribution in [0.15, 0.2) is 0 Å². The largest absolute Gasteiger partial charge is 0.526 e. The van der Waals surface area contributed by atoms with E-state index in [4.69, 9.17) is 0 Å². The molecule has 0 amide bonds. The summed E-state index contributed by atoms with van der Waals surface area (Å²) < 4.78 is 122. The minimum Gasteiger partial charge on any atom is -0.389 e. The average molecular weight is 298 g/mol. The molecule has 0 bridgehead atoms. The van der Waals surface area contributed by atoms with E-state index in [1.807, 2.05) is 4.74 Å². The van der Waals surface area contributed by atoms with E-state index in [9.17, 15) is 48.7 Å². The third-order valence-corrected chi connectivity index (χ3v) is 1.23. The topological polar surface area (TPSA) is 35.5 Å². The lowest BCUT2D eigenvalue weighted by atomic mass is 10.2. The van der Waals surface area contributed by atoms with Gasteiger partial charge in [0.05, 0.1) is 0 Å². The van der Waals surface area contributed by atoms with Crippen LogP contribution in [0.25, 0.3) is 0 Å². The third-order valence-electron chi connectivity index (χ3n) is 1.23. The van der Waals surface area contributed by atoms with Crippen molar-refractivity contribution in [3.05, 3.63) is 0 Å². The van der Waals surface area contributed by atoms with Gasteiger partial charge in [0, 0.05) is 0 Å². The first-order chi connectivity index (χ1) is 7.62. The van der Waals surface area contributed by atoms with Gasteiger partial charge in [-0.2, -0.15) is 26.3 Å². The Hall–Kier alpha value is -1.27. The van der Waals surface area contributed by atoms with Crippen molar-refractivity contribution in [2.24, 2.45) is 0 Å². The minimum atomic E-state index is -6.91. The molecule has 0 aromatic rings. The van der Waals surface area contributed by atoms with Crippen LogP contribution >= 0.6 is 0 Å². The highest BCUT2D eigenvalue weighted by atomic mass is 19.4. The summed E-state index contributed by atoms with van der Waals surface area (Å²) in [5.41, 5.74) is 0. The number of halogens is 10. The number of hydrogen-bond donors (Lipinski definition) is 0. The van der Waals surface area contributed by atoms with Crippen molar-refractivity contribution in [2.75, 3.05) is 0 Å². The molecule has 0 saturated carbocycles. The van der Waals surface area contributed by atoms with Gasteiger partial charge in [0.25, 0.3) is 0 Å². The average Bonchev–Trinajstić information content (AvgIpc) is 1.93. The van der Waals surface area contributed by atoms with E-state index in [-0.39, 0.29) is 0 Å². The third kappa shape index (κ3) is 3.61. The van der Waals surface area contributed by atoms with Crippen molar-refractivity contribution in [3.8, 4) is 0 Å². The number of alkyl halides is 9. The highest BCUT2D eigenvalue weighted by Crippen LogP contribution is 2.49. The van der Waals surface area contributed by atoms with E-state index in [0.29, 0.717) is 0 Å². The normalized spacial score (nSPS) is 14.6. The number of carbonyl (C=O) groups excluding carboxylic acids is 1. The summed E-state index contributed by atoms with van der Waals surface area (Å²) in [6.07, 6.45) is -24.1. The second-order valence-corrected chi connectivity index (χ2v) is 2.50. The fraction of sp³-hybridized carbons (Fsp3) is 0.800. The monoisotopic (exact) mass is 298 g/mol. The van der Waals surface area contributed by atoms with Gasteiger partial charge in [-0.25, -0.2) is 9.53 Å². The Labute approximate surface area is 90.2 Å². The van der Waals surface area contributed by atoms with Crippen LogP contribution in [0.2, 0.25) is 0 Å². The van der Waals surface area contributed by atoms with Gasteiger partial charge in [0.2, 0.25) is 0 Å². The number of hydrogen-bond acceptors (Lipinski definition) is 3. The fourth-order valence-corrected chi connectivity index (χ4v) is 0.689. The zero-order valence-electron chi connectivity index (χ0n) is 7.50. The zero-order chi connectivity index (χ0) is 15.0. The number of rotatable bonds is 2. The van der Waals surface area contributed by atoms with Crippen LogP contribution in [0.5, 0.6) is 0 Å².